The zero-order chi connectivity index (χ0) is 17.4. The molecule has 8 nitrogen and oxygen atoms in total. The van der Waals surface area contributed by atoms with Gasteiger partial charge >= 0.3 is 0 Å². The molecule has 0 aliphatic carbocycles. The molecule has 0 radical (unpaired) electrons. The summed E-state index contributed by atoms with van der Waals surface area (Å²) in [5.41, 5.74) is -0.144. The minimum absolute atomic E-state index is 0.0349. The Kier molecular flexibility index (Phi) is 7.43. The number of aliphatic hydroxyl groups excluding tert-OH is 1. The second kappa shape index (κ2) is 9.06. The van der Waals surface area contributed by atoms with Gasteiger partial charge in [0.05, 0.1) is 11.0 Å². The van der Waals surface area contributed by atoms with Crippen LogP contribution in [0.1, 0.15) is 20.8 Å². The van der Waals surface area contributed by atoms with Gasteiger partial charge < -0.3 is 20.1 Å². The van der Waals surface area contributed by atoms with E-state index < -0.39 is 16.9 Å². The SMILES string of the molecule is CCN(CC)CC(O)COc1ccc(NC(C)=O)c([N+](=O)[O-])c1. The molecule has 2 N–H and O–H groups in total. The summed E-state index contributed by atoms with van der Waals surface area (Å²) in [6.07, 6.45) is -0.691. The zero-order valence-electron chi connectivity index (χ0n) is 13.6. The molecule has 0 fully saturated rings. The first kappa shape index (κ1) is 18.9. The summed E-state index contributed by atoms with van der Waals surface area (Å²) in [6, 6.07) is 4.16. The third-order valence-corrected chi connectivity index (χ3v) is 3.28. The smallest absolute Gasteiger partial charge is 0.296 e. The molecular weight excluding hydrogens is 302 g/mol. The van der Waals surface area contributed by atoms with Crippen LogP contribution in [0.2, 0.25) is 0 Å². The normalized spacial score (nSPS) is 12.0. The lowest BCUT2D eigenvalue weighted by molar-refractivity contribution is -0.384. The van der Waals surface area contributed by atoms with Gasteiger partial charge in [-0.05, 0) is 25.2 Å². The third-order valence-electron chi connectivity index (χ3n) is 3.28. The maximum absolute atomic E-state index is 11.1. The van der Waals surface area contributed by atoms with Crippen LogP contribution in [0.25, 0.3) is 0 Å². The lowest BCUT2D eigenvalue weighted by atomic mass is 10.2. The average Bonchev–Trinajstić information content (AvgIpc) is 2.50. The van der Waals surface area contributed by atoms with E-state index in [0.717, 1.165) is 13.1 Å². The van der Waals surface area contributed by atoms with Crippen LogP contribution >= 0.6 is 0 Å². The summed E-state index contributed by atoms with van der Waals surface area (Å²) in [6.45, 7) is 7.43. The summed E-state index contributed by atoms with van der Waals surface area (Å²) in [7, 11) is 0. The lowest BCUT2D eigenvalue weighted by Gasteiger charge is -2.21. The summed E-state index contributed by atoms with van der Waals surface area (Å²) in [4.78, 5) is 23.6. The maximum Gasteiger partial charge on any atom is 0.296 e. The van der Waals surface area contributed by atoms with Gasteiger partial charge in [0.25, 0.3) is 5.69 Å². The molecular formula is C15H23N3O5. The highest BCUT2D eigenvalue weighted by Gasteiger charge is 2.17. The topological polar surface area (TPSA) is 105 Å². The molecule has 0 bridgehead atoms. The van der Waals surface area contributed by atoms with E-state index in [-0.39, 0.29) is 23.7 Å². The van der Waals surface area contributed by atoms with Gasteiger partial charge in [-0.2, -0.15) is 0 Å². The van der Waals surface area contributed by atoms with E-state index in [9.17, 15) is 20.0 Å². The van der Waals surface area contributed by atoms with Gasteiger partial charge in [0.2, 0.25) is 5.91 Å². The number of benzene rings is 1. The number of hydrogen-bond acceptors (Lipinski definition) is 6. The number of rotatable bonds is 9. The first-order valence-electron chi connectivity index (χ1n) is 7.46. The van der Waals surface area contributed by atoms with Crippen molar-refractivity contribution in [3.63, 3.8) is 0 Å². The molecule has 23 heavy (non-hydrogen) atoms. The van der Waals surface area contributed by atoms with Gasteiger partial charge in [0.15, 0.2) is 0 Å². The van der Waals surface area contributed by atoms with Crippen molar-refractivity contribution in [1.82, 2.24) is 4.90 Å². The maximum atomic E-state index is 11.1. The Labute approximate surface area is 135 Å². The second-order valence-electron chi connectivity index (χ2n) is 5.07. The van der Waals surface area contributed by atoms with Crippen LogP contribution < -0.4 is 10.1 Å². The van der Waals surface area contributed by atoms with Crippen LogP contribution in [0.4, 0.5) is 11.4 Å². The predicted octanol–water partition coefficient (Wildman–Crippen LogP) is 1.63. The number of nitrogens with zero attached hydrogens (tertiary/aromatic N) is 2. The number of hydrogen-bond donors (Lipinski definition) is 2. The number of nitro benzene ring substituents is 1. The van der Waals surface area contributed by atoms with E-state index in [1.165, 1.54) is 25.1 Å². The fraction of sp³-hybridized carbons (Fsp3) is 0.533. The Morgan fingerprint density at radius 3 is 2.61 bits per heavy atom. The molecule has 1 aromatic rings. The summed E-state index contributed by atoms with van der Waals surface area (Å²) < 4.78 is 5.41. The van der Waals surface area contributed by atoms with E-state index in [2.05, 4.69) is 10.2 Å². The molecule has 0 saturated carbocycles. The number of likely N-dealkylation sites (N-methyl/N-ethyl adjacent to an activating group) is 1. The number of carbonyl (C=O) groups is 1. The van der Waals surface area contributed by atoms with Gasteiger partial charge in [-0.15, -0.1) is 0 Å². The first-order chi connectivity index (χ1) is 10.9. The number of nitrogens with one attached hydrogen (secondary N) is 1. The van der Waals surface area contributed by atoms with E-state index in [0.29, 0.717) is 6.54 Å². The quantitative estimate of drug-likeness (QED) is 0.528. The Morgan fingerprint density at radius 2 is 2.09 bits per heavy atom. The van der Waals surface area contributed by atoms with Gasteiger partial charge in [0.1, 0.15) is 24.1 Å². The highest BCUT2D eigenvalue weighted by atomic mass is 16.6. The monoisotopic (exact) mass is 325 g/mol. The van der Waals surface area contributed by atoms with Crippen molar-refractivity contribution in [1.29, 1.82) is 0 Å². The number of aliphatic hydroxyl groups is 1. The van der Waals surface area contributed by atoms with E-state index in [4.69, 9.17) is 4.74 Å². The molecule has 128 valence electrons. The van der Waals surface area contributed by atoms with E-state index >= 15 is 0 Å². The average molecular weight is 325 g/mol. The Hall–Kier alpha value is -2.19. The number of nitro groups is 1. The zero-order valence-corrected chi connectivity index (χ0v) is 13.6. The molecule has 1 aromatic carbocycles. The minimum atomic E-state index is -0.691. The van der Waals surface area contributed by atoms with Crippen molar-refractivity contribution in [2.45, 2.75) is 26.9 Å². The van der Waals surface area contributed by atoms with Gasteiger partial charge in [-0.1, -0.05) is 13.8 Å². The van der Waals surface area contributed by atoms with E-state index in [1.807, 2.05) is 13.8 Å². The van der Waals surface area contributed by atoms with Crippen molar-refractivity contribution < 1.29 is 19.6 Å². The van der Waals surface area contributed by atoms with Crippen LogP contribution in [-0.2, 0) is 4.79 Å². The number of carbonyl (C=O) groups excluding carboxylic acids is 1. The molecule has 8 heteroatoms. The van der Waals surface area contributed by atoms with Crippen molar-refractivity contribution in [3.05, 3.63) is 28.3 Å². The van der Waals surface area contributed by atoms with Crippen LogP contribution in [0.5, 0.6) is 5.75 Å². The summed E-state index contributed by atoms with van der Waals surface area (Å²) in [5, 5.41) is 23.4. The Morgan fingerprint density at radius 1 is 1.43 bits per heavy atom. The molecule has 1 unspecified atom stereocenters. The van der Waals surface area contributed by atoms with Gasteiger partial charge in [-0.25, -0.2) is 0 Å². The summed E-state index contributed by atoms with van der Waals surface area (Å²) >= 11 is 0. The van der Waals surface area contributed by atoms with E-state index in [1.54, 1.807) is 0 Å². The molecule has 1 rings (SSSR count). The Bertz CT molecular complexity index is 546. The van der Waals surface area contributed by atoms with Crippen LogP contribution in [-0.4, -0.2) is 53.2 Å². The standard InChI is InChI=1S/C15H23N3O5/c1-4-17(5-2)9-12(20)10-23-13-6-7-14(16-11(3)19)15(8-13)18(21)22/h6-8,12,20H,4-5,9-10H2,1-3H3,(H,16,19). The molecule has 0 aliphatic rings. The molecule has 0 aromatic heterocycles. The number of ether oxygens (including phenoxy) is 1. The molecule has 1 atom stereocenters. The molecule has 0 aliphatic heterocycles. The largest absolute Gasteiger partial charge is 0.491 e. The second-order valence-corrected chi connectivity index (χ2v) is 5.07. The summed E-state index contributed by atoms with van der Waals surface area (Å²) in [5.74, 6) is -0.124. The molecule has 0 heterocycles. The fourth-order valence-corrected chi connectivity index (χ4v) is 2.07. The fourth-order valence-electron chi connectivity index (χ4n) is 2.07. The third kappa shape index (κ3) is 6.21. The number of amides is 1. The number of anilines is 1. The first-order valence-corrected chi connectivity index (χ1v) is 7.46. The van der Waals surface area contributed by atoms with Gasteiger partial charge in [-0.3, -0.25) is 14.9 Å². The molecule has 0 spiro atoms. The van der Waals surface area contributed by atoms with Gasteiger partial charge in [0, 0.05) is 13.5 Å². The Balaban J connectivity index is 2.72. The highest BCUT2D eigenvalue weighted by Crippen LogP contribution is 2.29. The van der Waals surface area contributed by atoms with Crippen molar-refractivity contribution in [3.8, 4) is 5.75 Å². The van der Waals surface area contributed by atoms with Crippen LogP contribution in [0, 0.1) is 10.1 Å². The van der Waals surface area contributed by atoms with Crippen molar-refractivity contribution in [2.24, 2.45) is 0 Å². The van der Waals surface area contributed by atoms with Crippen molar-refractivity contribution >= 4 is 17.3 Å². The predicted molar refractivity (Wildman–Crippen MR) is 86.7 cm³/mol. The molecule has 1 amide bonds. The highest BCUT2D eigenvalue weighted by molar-refractivity contribution is 5.91. The molecule has 0 saturated heterocycles. The van der Waals surface area contributed by atoms with Crippen LogP contribution in [0.3, 0.4) is 0 Å². The van der Waals surface area contributed by atoms with Crippen LogP contribution in [0.15, 0.2) is 18.2 Å². The minimum Gasteiger partial charge on any atom is -0.491 e. The lowest BCUT2D eigenvalue weighted by Crippen LogP contribution is -2.35. The van der Waals surface area contributed by atoms with Crippen molar-refractivity contribution in [2.75, 3.05) is 31.6 Å².